The van der Waals surface area contributed by atoms with Crippen molar-refractivity contribution < 1.29 is 19.0 Å². The second kappa shape index (κ2) is 12.0. The summed E-state index contributed by atoms with van der Waals surface area (Å²) in [4.78, 5) is 25.9. The van der Waals surface area contributed by atoms with Crippen LogP contribution < -0.4 is 35.9 Å². The van der Waals surface area contributed by atoms with Crippen molar-refractivity contribution in [2.24, 2.45) is 11.5 Å². The highest BCUT2D eigenvalue weighted by atomic mass is 16.5. The number of nitrogens with two attached hydrogens (primary N) is 2. The summed E-state index contributed by atoms with van der Waals surface area (Å²) in [7, 11) is 4.71. The van der Waals surface area contributed by atoms with Crippen LogP contribution in [-0.4, -0.2) is 81.5 Å². The molecular weight excluding hydrogens is 564 g/mol. The van der Waals surface area contributed by atoms with Crippen LogP contribution in [0.15, 0.2) is 49.1 Å². The van der Waals surface area contributed by atoms with Gasteiger partial charge in [0.15, 0.2) is 17.3 Å². The number of carbonyl (C=O) groups excluding carboxylic acids is 1. The van der Waals surface area contributed by atoms with Gasteiger partial charge < -0.3 is 40.5 Å². The van der Waals surface area contributed by atoms with Crippen LogP contribution >= 0.6 is 0 Å². The first kappa shape index (κ1) is 29.1. The molecule has 2 saturated heterocycles. The van der Waals surface area contributed by atoms with Crippen LogP contribution in [0, 0.1) is 0 Å². The maximum atomic E-state index is 12.3. The summed E-state index contributed by atoms with van der Waals surface area (Å²) >= 11 is 0. The molecular formula is C30H38N10O4. The molecule has 0 radical (unpaired) electrons. The summed E-state index contributed by atoms with van der Waals surface area (Å²) < 4.78 is 20.2. The summed E-state index contributed by atoms with van der Waals surface area (Å²) in [5.74, 6) is 2.70. The Morgan fingerprint density at radius 2 is 1.77 bits per heavy atom. The number of imidazole rings is 1. The van der Waals surface area contributed by atoms with E-state index in [0.717, 1.165) is 42.7 Å². The Bertz CT molecular complexity index is 1670. The Kier molecular flexibility index (Phi) is 7.91. The topological polar surface area (TPSA) is 163 Å². The van der Waals surface area contributed by atoms with Gasteiger partial charge in [0, 0.05) is 37.0 Å². The van der Waals surface area contributed by atoms with E-state index in [1.807, 2.05) is 44.4 Å². The Labute approximate surface area is 255 Å². The molecule has 3 aromatic heterocycles. The molecule has 232 valence electrons. The summed E-state index contributed by atoms with van der Waals surface area (Å²) in [6, 6.07) is 7.35. The lowest BCUT2D eigenvalue weighted by molar-refractivity contribution is -0.119. The fourth-order valence-corrected chi connectivity index (χ4v) is 6.18. The lowest BCUT2D eigenvalue weighted by Crippen LogP contribution is -2.41. The summed E-state index contributed by atoms with van der Waals surface area (Å²) in [6.45, 7) is 6.19. The molecule has 2 atom stereocenters. The van der Waals surface area contributed by atoms with E-state index < -0.39 is 6.04 Å². The third-order valence-corrected chi connectivity index (χ3v) is 8.35. The van der Waals surface area contributed by atoms with Crippen LogP contribution in [0.4, 0.5) is 17.6 Å². The monoisotopic (exact) mass is 602 g/mol. The second-order valence-electron chi connectivity index (χ2n) is 11.0. The van der Waals surface area contributed by atoms with Gasteiger partial charge in [0.05, 0.1) is 38.9 Å². The number of methoxy groups -OCH3 is 3. The Hall–Kier alpha value is -4.98. The van der Waals surface area contributed by atoms with Gasteiger partial charge in [-0.1, -0.05) is 6.58 Å². The highest BCUT2D eigenvalue weighted by Gasteiger charge is 2.32. The van der Waals surface area contributed by atoms with Crippen molar-refractivity contribution in [3.63, 3.8) is 0 Å². The second-order valence-corrected chi connectivity index (χ2v) is 11.0. The van der Waals surface area contributed by atoms with Gasteiger partial charge in [0.1, 0.15) is 23.7 Å². The number of benzene rings is 1. The first-order valence-electron chi connectivity index (χ1n) is 14.6. The third kappa shape index (κ3) is 5.32. The van der Waals surface area contributed by atoms with Crippen molar-refractivity contribution in [2.75, 3.05) is 44.6 Å². The van der Waals surface area contributed by atoms with Gasteiger partial charge in [-0.25, -0.2) is 9.50 Å². The highest BCUT2D eigenvalue weighted by molar-refractivity contribution is 5.84. The predicted octanol–water partition coefficient (Wildman–Crippen LogP) is 2.58. The predicted molar refractivity (Wildman–Crippen MR) is 166 cm³/mol. The smallest absolute Gasteiger partial charge is 0.246 e. The molecule has 44 heavy (non-hydrogen) atoms. The minimum absolute atomic E-state index is 0.122. The molecule has 6 rings (SSSR count). The zero-order valence-electron chi connectivity index (χ0n) is 25.2. The van der Waals surface area contributed by atoms with E-state index in [9.17, 15) is 4.79 Å². The van der Waals surface area contributed by atoms with E-state index >= 15 is 0 Å². The SMILES string of the molecule is C=C(N)[C@@H]1CCCN1Cc1ccc2c(Nc3cn(-c4cc(OC)c(OC)c(OC)c4)cn3)nc(N3CCC[C@H]3C(N)=O)nn12. The average molecular weight is 603 g/mol. The zero-order valence-corrected chi connectivity index (χ0v) is 25.2. The van der Waals surface area contributed by atoms with Crippen molar-refractivity contribution in [3.8, 4) is 22.9 Å². The number of hydrogen-bond donors (Lipinski definition) is 3. The maximum absolute atomic E-state index is 12.3. The van der Waals surface area contributed by atoms with Gasteiger partial charge in [-0.3, -0.25) is 9.69 Å². The molecule has 1 aromatic carbocycles. The lowest BCUT2D eigenvalue weighted by atomic mass is 10.2. The Balaban J connectivity index is 1.37. The molecule has 0 aliphatic carbocycles. The quantitative estimate of drug-likeness (QED) is 0.231. The number of fused-ring (bicyclic) bond motifs is 1. The summed E-state index contributed by atoms with van der Waals surface area (Å²) in [5.41, 5.74) is 15.1. The molecule has 14 heteroatoms. The summed E-state index contributed by atoms with van der Waals surface area (Å²) in [5, 5.41) is 8.29. The van der Waals surface area contributed by atoms with E-state index in [-0.39, 0.29) is 11.9 Å². The van der Waals surface area contributed by atoms with Crippen LogP contribution in [0.1, 0.15) is 31.4 Å². The van der Waals surface area contributed by atoms with Crippen LogP contribution in [0.5, 0.6) is 17.2 Å². The molecule has 5 N–H and O–H groups in total. The van der Waals surface area contributed by atoms with Gasteiger partial charge in [0.2, 0.25) is 17.6 Å². The number of carbonyl (C=O) groups is 1. The largest absolute Gasteiger partial charge is 0.493 e. The number of likely N-dealkylation sites (tertiary alicyclic amines) is 1. The highest BCUT2D eigenvalue weighted by Crippen LogP contribution is 2.39. The molecule has 2 aliphatic heterocycles. The standard InChI is InChI=1S/C30H38N10O4/c1-18(31)21-7-5-11-37(21)15-19-9-10-23-29(35-30(36-40(19)23)39-12-6-8-22(39)28(32)41)34-26-16-38(17-33-26)20-13-24(42-2)27(44-4)25(14-20)43-3/h9-10,13-14,16-17,21-22H,1,5-8,11-12,15,31H2,2-4H3,(H2,32,41)(H,34,35,36)/t21-,22-/m0/s1. The number of amides is 1. The number of nitrogens with one attached hydrogen (secondary N) is 1. The fourth-order valence-electron chi connectivity index (χ4n) is 6.18. The number of ether oxygens (including phenoxy) is 3. The van der Waals surface area contributed by atoms with Crippen LogP contribution in [0.25, 0.3) is 11.2 Å². The molecule has 2 aliphatic rings. The van der Waals surface area contributed by atoms with Crippen LogP contribution in [0.2, 0.25) is 0 Å². The maximum Gasteiger partial charge on any atom is 0.246 e. The van der Waals surface area contributed by atoms with Crippen molar-refractivity contribution in [2.45, 2.75) is 44.3 Å². The minimum atomic E-state index is -0.470. The van der Waals surface area contributed by atoms with E-state index in [2.05, 4.69) is 21.8 Å². The normalized spacial score (nSPS) is 18.6. The lowest BCUT2D eigenvalue weighted by Gasteiger charge is -2.25. The number of rotatable bonds is 11. The molecule has 5 heterocycles. The van der Waals surface area contributed by atoms with Gasteiger partial charge in [-0.05, 0) is 44.4 Å². The van der Waals surface area contributed by atoms with Crippen molar-refractivity contribution >= 4 is 29.0 Å². The van der Waals surface area contributed by atoms with Crippen molar-refractivity contribution in [3.05, 3.63) is 54.8 Å². The number of anilines is 3. The van der Waals surface area contributed by atoms with E-state index in [4.69, 9.17) is 35.8 Å². The molecule has 2 fully saturated rings. The van der Waals surface area contributed by atoms with Crippen LogP contribution in [0.3, 0.4) is 0 Å². The third-order valence-electron chi connectivity index (χ3n) is 8.35. The molecule has 0 spiro atoms. The molecule has 14 nitrogen and oxygen atoms in total. The number of hydrogen-bond acceptors (Lipinski definition) is 11. The number of primary amides is 1. The minimum Gasteiger partial charge on any atom is -0.493 e. The molecule has 0 saturated carbocycles. The van der Waals surface area contributed by atoms with Gasteiger partial charge in [0.25, 0.3) is 0 Å². The Morgan fingerprint density at radius 3 is 2.45 bits per heavy atom. The first-order valence-corrected chi connectivity index (χ1v) is 14.6. The Morgan fingerprint density at radius 1 is 1.05 bits per heavy atom. The number of nitrogens with zero attached hydrogens (tertiary/aromatic N) is 7. The number of aromatic nitrogens is 5. The van der Waals surface area contributed by atoms with Crippen molar-refractivity contribution in [1.82, 2.24) is 29.0 Å². The van der Waals surface area contributed by atoms with E-state index in [1.165, 1.54) is 0 Å². The first-order chi connectivity index (χ1) is 21.3. The van der Waals surface area contributed by atoms with E-state index in [0.29, 0.717) is 60.0 Å². The van der Waals surface area contributed by atoms with Gasteiger partial charge in [-0.2, -0.15) is 4.98 Å². The van der Waals surface area contributed by atoms with Crippen LogP contribution in [-0.2, 0) is 11.3 Å². The zero-order chi connectivity index (χ0) is 31.0. The molecule has 0 bridgehead atoms. The molecule has 0 unspecified atom stereocenters. The van der Waals surface area contributed by atoms with Gasteiger partial charge in [-0.15, -0.1) is 5.10 Å². The van der Waals surface area contributed by atoms with E-state index in [1.54, 1.807) is 27.7 Å². The molecule has 4 aromatic rings. The van der Waals surface area contributed by atoms with Gasteiger partial charge >= 0.3 is 0 Å². The fraction of sp³-hybridized carbons (Fsp3) is 0.400. The van der Waals surface area contributed by atoms with Crippen molar-refractivity contribution in [1.29, 1.82) is 0 Å². The average Bonchev–Trinajstić information content (AvgIpc) is 3.83. The summed E-state index contributed by atoms with van der Waals surface area (Å²) in [6.07, 6.45) is 7.04. The molecule has 1 amide bonds.